The first-order valence-electron chi connectivity index (χ1n) is 11.7. The molecule has 1 atom stereocenters. The van der Waals surface area contributed by atoms with E-state index in [9.17, 15) is 18.8 Å². The second-order valence-electron chi connectivity index (χ2n) is 8.62. The van der Waals surface area contributed by atoms with Crippen molar-refractivity contribution in [2.45, 2.75) is 12.5 Å². The number of anilines is 2. The molecule has 2 saturated heterocycles. The molecule has 0 aliphatic carbocycles. The summed E-state index contributed by atoms with van der Waals surface area (Å²) < 4.78 is 18.4. The predicted octanol–water partition coefficient (Wildman–Crippen LogP) is 1.31. The summed E-state index contributed by atoms with van der Waals surface area (Å²) in [6.07, 6.45) is -0.168. The van der Waals surface area contributed by atoms with E-state index in [1.807, 2.05) is 24.3 Å². The van der Waals surface area contributed by atoms with Crippen LogP contribution in [0.4, 0.5) is 15.8 Å². The highest BCUT2D eigenvalue weighted by molar-refractivity contribution is 5.97. The number of hydrogen-bond donors (Lipinski definition) is 2. The van der Waals surface area contributed by atoms with E-state index >= 15 is 0 Å². The Morgan fingerprint density at radius 2 is 1.83 bits per heavy atom. The Morgan fingerprint density at radius 1 is 1.09 bits per heavy atom. The molecular formula is C25H30FN5O4. The van der Waals surface area contributed by atoms with E-state index in [1.165, 1.54) is 29.2 Å². The summed E-state index contributed by atoms with van der Waals surface area (Å²) in [5, 5.41) is 5.40. The number of halogens is 1. The largest absolute Gasteiger partial charge is 0.497 e. The number of methoxy groups -OCH3 is 1. The van der Waals surface area contributed by atoms with Gasteiger partial charge in [0.15, 0.2) is 0 Å². The molecule has 1 unspecified atom stereocenters. The number of benzene rings is 2. The van der Waals surface area contributed by atoms with E-state index in [4.69, 9.17) is 4.74 Å². The lowest BCUT2D eigenvalue weighted by Gasteiger charge is -2.39. The molecule has 2 fully saturated rings. The zero-order chi connectivity index (χ0) is 24.8. The fraction of sp³-hybridized carbons (Fsp3) is 0.400. The fourth-order valence-corrected chi connectivity index (χ4v) is 4.39. The number of rotatable bonds is 7. The number of carbonyl (C=O) groups is 3. The van der Waals surface area contributed by atoms with Crippen LogP contribution in [-0.2, 0) is 14.4 Å². The third-order valence-electron chi connectivity index (χ3n) is 6.31. The molecule has 0 spiro atoms. The van der Waals surface area contributed by atoms with Crippen LogP contribution in [-0.4, -0.2) is 86.5 Å². The van der Waals surface area contributed by atoms with Crippen LogP contribution in [0.1, 0.15) is 6.42 Å². The Kier molecular flexibility index (Phi) is 7.81. The normalized spacial score (nSPS) is 18.7. The first-order chi connectivity index (χ1) is 16.9. The van der Waals surface area contributed by atoms with Crippen LogP contribution in [0.5, 0.6) is 5.75 Å². The summed E-state index contributed by atoms with van der Waals surface area (Å²) in [5.41, 5.74) is 1.51. The molecule has 2 aromatic rings. The van der Waals surface area contributed by atoms with Gasteiger partial charge in [0.2, 0.25) is 17.7 Å². The van der Waals surface area contributed by atoms with Crippen LogP contribution < -0.4 is 20.3 Å². The summed E-state index contributed by atoms with van der Waals surface area (Å²) in [6, 6.07) is 12.4. The van der Waals surface area contributed by atoms with Gasteiger partial charge >= 0.3 is 0 Å². The van der Waals surface area contributed by atoms with Gasteiger partial charge in [0.05, 0.1) is 20.1 Å². The molecule has 2 aliphatic rings. The molecule has 2 heterocycles. The molecule has 9 nitrogen and oxygen atoms in total. The molecule has 186 valence electrons. The minimum Gasteiger partial charge on any atom is -0.497 e. The highest BCUT2D eigenvalue weighted by Crippen LogP contribution is 2.22. The number of ether oxygens (including phenoxy) is 1. The minimum atomic E-state index is -0.880. The monoisotopic (exact) mass is 483 g/mol. The van der Waals surface area contributed by atoms with Crippen molar-refractivity contribution in [1.82, 2.24) is 15.1 Å². The molecule has 2 N–H and O–H groups in total. The van der Waals surface area contributed by atoms with Gasteiger partial charge in [-0.15, -0.1) is 0 Å². The molecule has 2 aromatic carbocycles. The van der Waals surface area contributed by atoms with E-state index in [-0.39, 0.29) is 24.8 Å². The van der Waals surface area contributed by atoms with Crippen LogP contribution in [0.2, 0.25) is 0 Å². The highest BCUT2D eigenvalue weighted by atomic mass is 19.1. The average Bonchev–Trinajstić information content (AvgIpc) is 2.87. The van der Waals surface area contributed by atoms with Crippen molar-refractivity contribution in [3.05, 3.63) is 54.3 Å². The van der Waals surface area contributed by atoms with Gasteiger partial charge in [0.1, 0.15) is 17.6 Å². The third-order valence-corrected chi connectivity index (χ3v) is 6.31. The van der Waals surface area contributed by atoms with E-state index in [0.29, 0.717) is 31.9 Å². The third kappa shape index (κ3) is 6.27. The topological polar surface area (TPSA) is 94.2 Å². The van der Waals surface area contributed by atoms with Crippen LogP contribution >= 0.6 is 0 Å². The van der Waals surface area contributed by atoms with Crippen molar-refractivity contribution >= 4 is 29.1 Å². The van der Waals surface area contributed by atoms with Crippen molar-refractivity contribution in [1.29, 1.82) is 0 Å². The molecule has 0 bridgehead atoms. The second kappa shape index (κ2) is 11.2. The number of carbonyl (C=O) groups excluding carboxylic acids is 3. The SMILES string of the molecule is COc1cccc(N2CCN(CC(=O)N3CCNC(=O)C3CC(=O)Nc3ccc(F)cc3)CC2)c1. The van der Waals surface area contributed by atoms with Crippen LogP contribution in [0, 0.1) is 5.82 Å². The van der Waals surface area contributed by atoms with Crippen molar-refractivity contribution in [2.24, 2.45) is 0 Å². The van der Waals surface area contributed by atoms with Crippen LogP contribution in [0.15, 0.2) is 48.5 Å². The van der Waals surface area contributed by atoms with Gasteiger partial charge in [0.25, 0.3) is 0 Å². The maximum absolute atomic E-state index is 13.1. The Labute approximate surface area is 203 Å². The first-order valence-corrected chi connectivity index (χ1v) is 11.7. The fourth-order valence-electron chi connectivity index (χ4n) is 4.39. The quantitative estimate of drug-likeness (QED) is 0.617. The molecule has 3 amide bonds. The summed E-state index contributed by atoms with van der Waals surface area (Å²) in [5.74, 6) is -0.534. The summed E-state index contributed by atoms with van der Waals surface area (Å²) in [6.45, 7) is 3.84. The van der Waals surface area contributed by atoms with Gasteiger partial charge in [-0.05, 0) is 36.4 Å². The number of amides is 3. The number of piperazine rings is 2. The maximum atomic E-state index is 13.1. The highest BCUT2D eigenvalue weighted by Gasteiger charge is 2.35. The Balaban J connectivity index is 1.32. The van der Waals surface area contributed by atoms with Gasteiger partial charge in [-0.1, -0.05) is 6.07 Å². The smallest absolute Gasteiger partial charge is 0.243 e. The average molecular weight is 484 g/mol. The minimum absolute atomic E-state index is 0.168. The maximum Gasteiger partial charge on any atom is 0.243 e. The first kappa shape index (κ1) is 24.5. The van der Waals surface area contributed by atoms with Crippen molar-refractivity contribution < 1.29 is 23.5 Å². The van der Waals surface area contributed by atoms with Gasteiger partial charge in [0, 0.05) is 56.7 Å². The van der Waals surface area contributed by atoms with E-state index in [0.717, 1.165) is 24.5 Å². The number of nitrogens with one attached hydrogen (secondary N) is 2. The van der Waals surface area contributed by atoms with Crippen molar-refractivity contribution in [2.75, 3.05) is 63.1 Å². The lowest BCUT2D eigenvalue weighted by molar-refractivity contribution is -0.145. The molecule has 0 saturated carbocycles. The van der Waals surface area contributed by atoms with Gasteiger partial charge < -0.3 is 25.2 Å². The molecule has 0 radical (unpaired) electrons. The molecule has 4 rings (SSSR count). The molecular weight excluding hydrogens is 453 g/mol. The molecule has 10 heteroatoms. The lowest BCUT2D eigenvalue weighted by atomic mass is 10.1. The Morgan fingerprint density at radius 3 is 2.54 bits per heavy atom. The van der Waals surface area contributed by atoms with E-state index in [1.54, 1.807) is 7.11 Å². The second-order valence-corrected chi connectivity index (χ2v) is 8.62. The zero-order valence-electron chi connectivity index (χ0n) is 19.7. The van der Waals surface area contributed by atoms with E-state index in [2.05, 4.69) is 20.4 Å². The van der Waals surface area contributed by atoms with Gasteiger partial charge in [-0.2, -0.15) is 0 Å². The molecule has 35 heavy (non-hydrogen) atoms. The molecule has 2 aliphatic heterocycles. The standard InChI is InChI=1S/C25H30FN5O4/c1-35-21-4-2-3-20(15-21)30-13-11-29(12-14-30)17-24(33)31-10-9-27-25(34)22(31)16-23(32)28-19-7-5-18(26)6-8-19/h2-8,15,22H,9-14,16-17H2,1H3,(H,27,34)(H,28,32). The van der Waals surface area contributed by atoms with Gasteiger partial charge in [-0.3, -0.25) is 19.3 Å². The Bertz CT molecular complexity index is 1060. The van der Waals surface area contributed by atoms with E-state index < -0.39 is 17.8 Å². The van der Waals surface area contributed by atoms with Crippen molar-refractivity contribution in [3.8, 4) is 5.75 Å². The van der Waals surface area contributed by atoms with Crippen LogP contribution in [0.3, 0.4) is 0 Å². The van der Waals surface area contributed by atoms with Crippen LogP contribution in [0.25, 0.3) is 0 Å². The summed E-state index contributed by atoms with van der Waals surface area (Å²) in [7, 11) is 1.64. The lowest BCUT2D eigenvalue weighted by Crippen LogP contribution is -2.60. The van der Waals surface area contributed by atoms with Gasteiger partial charge in [-0.25, -0.2) is 4.39 Å². The number of hydrogen-bond acceptors (Lipinski definition) is 6. The zero-order valence-corrected chi connectivity index (χ0v) is 19.7. The molecule has 0 aromatic heterocycles. The predicted molar refractivity (Wildman–Crippen MR) is 130 cm³/mol. The summed E-state index contributed by atoms with van der Waals surface area (Å²) in [4.78, 5) is 44.0. The number of nitrogens with zero attached hydrogens (tertiary/aromatic N) is 3. The Hall–Kier alpha value is -3.66. The summed E-state index contributed by atoms with van der Waals surface area (Å²) >= 11 is 0. The van der Waals surface area contributed by atoms with Crippen molar-refractivity contribution in [3.63, 3.8) is 0 Å².